The zero-order valence-corrected chi connectivity index (χ0v) is 10.9. The van der Waals surface area contributed by atoms with Gasteiger partial charge in [0.1, 0.15) is 10.7 Å². The molecule has 1 heterocycles. The fourth-order valence-electron chi connectivity index (χ4n) is 1.40. The van der Waals surface area contributed by atoms with Crippen LogP contribution >= 0.6 is 24.0 Å². The van der Waals surface area contributed by atoms with Gasteiger partial charge in [0, 0.05) is 0 Å². The highest BCUT2D eigenvalue weighted by Crippen LogP contribution is 2.26. The van der Waals surface area contributed by atoms with Gasteiger partial charge in [-0.15, -0.1) is 0 Å². The lowest BCUT2D eigenvalue weighted by atomic mass is 10.2. The second-order valence-corrected chi connectivity index (χ2v) is 4.78. The molecule has 1 fully saturated rings. The summed E-state index contributed by atoms with van der Waals surface area (Å²) < 4.78 is 5.35. The summed E-state index contributed by atoms with van der Waals surface area (Å²) in [6.07, 6.45) is 1.89. The third kappa shape index (κ3) is 3.08. The standard InChI is InChI=1S/C12H11NO2S2/c1-2-15-9-5-3-8(4-6-9)7-10-11(16)13-12(14)17-10/h3-7H,2H2,1H3,(H,13,14,16). The van der Waals surface area contributed by atoms with Gasteiger partial charge in [-0.25, -0.2) is 0 Å². The minimum absolute atomic E-state index is 0.118. The molecule has 0 radical (unpaired) electrons. The fourth-order valence-corrected chi connectivity index (χ4v) is 2.43. The third-order valence-corrected chi connectivity index (χ3v) is 3.41. The van der Waals surface area contributed by atoms with Gasteiger partial charge in [-0.1, -0.05) is 24.4 Å². The van der Waals surface area contributed by atoms with Crippen LogP contribution in [0.25, 0.3) is 6.08 Å². The Morgan fingerprint density at radius 1 is 1.41 bits per heavy atom. The van der Waals surface area contributed by atoms with Crippen molar-refractivity contribution in [3.05, 3.63) is 34.7 Å². The van der Waals surface area contributed by atoms with Gasteiger partial charge in [0.25, 0.3) is 5.24 Å². The molecule has 0 aromatic heterocycles. The van der Waals surface area contributed by atoms with E-state index < -0.39 is 0 Å². The predicted molar refractivity (Wildman–Crippen MR) is 74.3 cm³/mol. The molecule has 1 saturated heterocycles. The number of thioether (sulfide) groups is 1. The highest BCUT2D eigenvalue weighted by atomic mass is 32.2. The van der Waals surface area contributed by atoms with Crippen LogP contribution in [0.4, 0.5) is 4.79 Å². The van der Waals surface area contributed by atoms with Crippen LogP contribution in [0.3, 0.4) is 0 Å². The molecule has 0 saturated carbocycles. The molecule has 1 N–H and O–H groups in total. The summed E-state index contributed by atoms with van der Waals surface area (Å²) in [6.45, 7) is 2.60. The van der Waals surface area contributed by atoms with Crippen LogP contribution in [0.1, 0.15) is 12.5 Å². The Balaban J connectivity index is 2.16. The maximum Gasteiger partial charge on any atom is 0.289 e. The van der Waals surface area contributed by atoms with Gasteiger partial charge in [0.05, 0.1) is 11.5 Å². The molecule has 0 unspecified atom stereocenters. The number of carbonyl (C=O) groups excluding carboxylic acids is 1. The van der Waals surface area contributed by atoms with Gasteiger partial charge in [0.2, 0.25) is 0 Å². The number of rotatable bonds is 3. The lowest BCUT2D eigenvalue weighted by Crippen LogP contribution is -2.15. The number of amides is 1. The molecule has 17 heavy (non-hydrogen) atoms. The summed E-state index contributed by atoms with van der Waals surface area (Å²) in [6, 6.07) is 7.66. The molecule has 5 heteroatoms. The van der Waals surface area contributed by atoms with Crippen molar-refractivity contribution < 1.29 is 9.53 Å². The molecule has 88 valence electrons. The molecule has 1 amide bonds. The minimum atomic E-state index is -0.118. The smallest absolute Gasteiger partial charge is 0.289 e. The Morgan fingerprint density at radius 3 is 2.65 bits per heavy atom. The normalized spacial score (nSPS) is 17.4. The number of nitrogens with one attached hydrogen (secondary N) is 1. The van der Waals surface area contributed by atoms with Gasteiger partial charge in [0.15, 0.2) is 0 Å². The summed E-state index contributed by atoms with van der Waals surface area (Å²) in [5.74, 6) is 0.838. The molecular formula is C12H11NO2S2. The molecule has 3 nitrogen and oxygen atoms in total. The molecule has 1 aliphatic rings. The van der Waals surface area contributed by atoms with Crippen LogP contribution < -0.4 is 10.1 Å². The van der Waals surface area contributed by atoms with Gasteiger partial charge in [-0.2, -0.15) is 0 Å². The second-order valence-electron chi connectivity index (χ2n) is 3.35. The first-order valence-corrected chi connectivity index (χ1v) is 6.39. The quantitative estimate of drug-likeness (QED) is 0.673. The van der Waals surface area contributed by atoms with Crippen molar-refractivity contribution in [3.63, 3.8) is 0 Å². The van der Waals surface area contributed by atoms with Crippen LogP contribution in [-0.4, -0.2) is 16.8 Å². The van der Waals surface area contributed by atoms with Crippen molar-refractivity contribution in [2.24, 2.45) is 0 Å². The van der Waals surface area contributed by atoms with E-state index in [1.165, 1.54) is 0 Å². The average molecular weight is 265 g/mol. The first-order valence-electron chi connectivity index (χ1n) is 5.17. The van der Waals surface area contributed by atoms with Crippen LogP contribution in [0.5, 0.6) is 5.75 Å². The predicted octanol–water partition coefficient (Wildman–Crippen LogP) is 3.21. The molecule has 0 aliphatic carbocycles. The number of benzene rings is 1. The second kappa shape index (κ2) is 5.33. The van der Waals surface area contributed by atoms with E-state index in [1.807, 2.05) is 37.3 Å². The largest absolute Gasteiger partial charge is 0.494 e. The fraction of sp³-hybridized carbons (Fsp3) is 0.167. The van der Waals surface area contributed by atoms with Crippen molar-refractivity contribution in [3.8, 4) is 5.75 Å². The van der Waals surface area contributed by atoms with Crippen molar-refractivity contribution in [2.75, 3.05) is 6.61 Å². The van der Waals surface area contributed by atoms with E-state index in [4.69, 9.17) is 17.0 Å². The Bertz CT molecular complexity index is 480. The number of thiocarbonyl (C=S) groups is 1. The minimum Gasteiger partial charge on any atom is -0.494 e. The molecule has 1 aromatic rings. The van der Waals surface area contributed by atoms with Crippen LogP contribution in [-0.2, 0) is 0 Å². The molecule has 0 atom stereocenters. The van der Waals surface area contributed by atoms with Crippen molar-refractivity contribution >= 4 is 40.3 Å². The zero-order valence-electron chi connectivity index (χ0n) is 9.23. The number of ether oxygens (including phenoxy) is 1. The molecule has 1 aromatic carbocycles. The van der Waals surface area contributed by atoms with Crippen LogP contribution in [0.15, 0.2) is 29.2 Å². The Morgan fingerprint density at radius 2 is 2.12 bits per heavy atom. The van der Waals surface area contributed by atoms with E-state index in [9.17, 15) is 4.79 Å². The number of hydrogen-bond donors (Lipinski definition) is 1. The molecule has 0 bridgehead atoms. The Labute approximate surface area is 109 Å². The SMILES string of the molecule is CCOc1ccc(C=C2SC(=O)NC2=S)cc1. The average Bonchev–Trinajstić information content (AvgIpc) is 2.61. The summed E-state index contributed by atoms with van der Waals surface area (Å²) >= 11 is 6.16. The van der Waals surface area contributed by atoms with Gasteiger partial charge < -0.3 is 10.1 Å². The number of hydrogen-bond acceptors (Lipinski definition) is 4. The van der Waals surface area contributed by atoms with Gasteiger partial charge in [-0.05, 0) is 42.5 Å². The highest BCUT2D eigenvalue weighted by molar-refractivity contribution is 8.19. The maximum absolute atomic E-state index is 11.1. The van der Waals surface area contributed by atoms with Gasteiger partial charge >= 0.3 is 0 Å². The van der Waals surface area contributed by atoms with Crippen molar-refractivity contribution in [2.45, 2.75) is 6.92 Å². The Hall–Kier alpha value is -1.33. The summed E-state index contributed by atoms with van der Waals surface area (Å²) in [7, 11) is 0. The third-order valence-electron chi connectivity index (χ3n) is 2.13. The number of carbonyl (C=O) groups is 1. The lowest BCUT2D eigenvalue weighted by Gasteiger charge is -2.02. The Kier molecular flexibility index (Phi) is 3.81. The first kappa shape index (κ1) is 12.1. The zero-order chi connectivity index (χ0) is 12.3. The van der Waals surface area contributed by atoms with E-state index in [0.29, 0.717) is 11.6 Å². The molecular weight excluding hydrogens is 254 g/mol. The topological polar surface area (TPSA) is 38.3 Å². The maximum atomic E-state index is 11.1. The highest BCUT2D eigenvalue weighted by Gasteiger charge is 2.21. The van der Waals surface area contributed by atoms with Gasteiger partial charge in [-0.3, -0.25) is 4.79 Å². The van der Waals surface area contributed by atoms with Crippen LogP contribution in [0, 0.1) is 0 Å². The first-order chi connectivity index (χ1) is 8.19. The van der Waals surface area contributed by atoms with E-state index in [2.05, 4.69) is 5.32 Å². The van der Waals surface area contributed by atoms with Crippen LogP contribution in [0.2, 0.25) is 0 Å². The summed E-state index contributed by atoms with van der Waals surface area (Å²) in [4.78, 5) is 12.4. The lowest BCUT2D eigenvalue weighted by molar-refractivity contribution is 0.265. The van der Waals surface area contributed by atoms with E-state index in [1.54, 1.807) is 0 Å². The van der Waals surface area contributed by atoms with E-state index >= 15 is 0 Å². The summed E-state index contributed by atoms with van der Waals surface area (Å²) in [5.41, 5.74) is 0.995. The van der Waals surface area contributed by atoms with E-state index in [0.717, 1.165) is 28.0 Å². The monoisotopic (exact) mass is 265 g/mol. The van der Waals surface area contributed by atoms with Crippen molar-refractivity contribution in [1.82, 2.24) is 5.32 Å². The van der Waals surface area contributed by atoms with E-state index in [-0.39, 0.29) is 5.24 Å². The molecule has 1 aliphatic heterocycles. The molecule has 2 rings (SSSR count). The van der Waals surface area contributed by atoms with Crippen molar-refractivity contribution in [1.29, 1.82) is 0 Å². The summed E-state index contributed by atoms with van der Waals surface area (Å²) in [5, 5.41) is 2.46. The molecule has 0 spiro atoms.